The molecule has 0 saturated carbocycles. The predicted octanol–water partition coefficient (Wildman–Crippen LogP) is 5.96. The van der Waals surface area contributed by atoms with Gasteiger partial charge in [0.15, 0.2) is 0 Å². The minimum atomic E-state index is -6.15. The van der Waals surface area contributed by atoms with Gasteiger partial charge in [0.25, 0.3) is 0 Å². The van der Waals surface area contributed by atoms with Crippen molar-refractivity contribution in [1.29, 1.82) is 0 Å². The summed E-state index contributed by atoms with van der Waals surface area (Å²) in [5.41, 5.74) is -4.70. The minimum Gasteiger partial charge on any atom is -0.191 e. The van der Waals surface area contributed by atoms with E-state index < -0.39 is 47.0 Å². The zero-order valence-corrected chi connectivity index (χ0v) is 11.5. The lowest BCUT2D eigenvalue weighted by Crippen LogP contribution is -2.37. The number of rotatable bonds is 3. The summed E-state index contributed by atoms with van der Waals surface area (Å²) in [4.78, 5) is 0. The van der Waals surface area contributed by atoms with Crippen LogP contribution in [0.2, 0.25) is 0 Å². The predicted molar refractivity (Wildman–Crippen MR) is 60.0 cm³/mol. The molecule has 0 aliphatic rings. The maximum absolute atomic E-state index is 13.5. The minimum absolute atomic E-state index is 0.106. The Morgan fingerprint density at radius 3 is 1.48 bits per heavy atom. The third-order valence-corrected chi connectivity index (χ3v) is 2.97. The summed E-state index contributed by atoms with van der Waals surface area (Å²) in [5, 5.41) is 0. The monoisotopic (exact) mass is 355 g/mol. The van der Waals surface area contributed by atoms with Crippen molar-refractivity contribution in [3.63, 3.8) is 0 Å². The van der Waals surface area contributed by atoms with Crippen LogP contribution >= 0.6 is 0 Å². The molecule has 0 bridgehead atoms. The van der Waals surface area contributed by atoms with Gasteiger partial charge < -0.3 is 0 Å². The molecule has 0 unspecified atom stereocenters. The van der Waals surface area contributed by atoms with Gasteiger partial charge in [-0.05, 0) is 17.5 Å². The Kier molecular flexibility index (Phi) is 4.72. The number of hydrogen-bond donors (Lipinski definition) is 0. The van der Waals surface area contributed by atoms with Gasteiger partial charge in [0.05, 0.1) is 0 Å². The van der Waals surface area contributed by atoms with E-state index in [-0.39, 0.29) is 12.0 Å². The topological polar surface area (TPSA) is 0 Å². The zero-order valence-electron chi connectivity index (χ0n) is 11.5. The van der Waals surface area contributed by atoms with E-state index >= 15 is 0 Å². The standard InChI is InChI=1S/C13H9F10/c1-6(2)8-4-3-7(10(14,15)12(18,19)20)5-9(8)11(16,17)13(21,22)23/h3-5H,1-2H3. The Balaban J connectivity index is 3.65. The lowest BCUT2D eigenvalue weighted by Gasteiger charge is -2.26. The molecule has 131 valence electrons. The van der Waals surface area contributed by atoms with Crippen molar-refractivity contribution in [3.8, 4) is 0 Å². The molecule has 0 heterocycles. The third-order valence-electron chi connectivity index (χ3n) is 2.97. The van der Waals surface area contributed by atoms with E-state index in [9.17, 15) is 43.9 Å². The van der Waals surface area contributed by atoms with E-state index in [0.29, 0.717) is 6.07 Å². The molecule has 0 spiro atoms. The number of hydrogen-bond acceptors (Lipinski definition) is 0. The maximum atomic E-state index is 13.5. The van der Waals surface area contributed by atoms with Crippen LogP contribution in [0, 0.1) is 5.92 Å². The first-order valence-electron chi connectivity index (χ1n) is 5.88. The van der Waals surface area contributed by atoms with Crippen LogP contribution in [0.3, 0.4) is 0 Å². The maximum Gasteiger partial charge on any atom is 0.458 e. The van der Waals surface area contributed by atoms with Crippen LogP contribution in [0.4, 0.5) is 43.9 Å². The molecule has 1 aromatic rings. The largest absolute Gasteiger partial charge is 0.458 e. The summed E-state index contributed by atoms with van der Waals surface area (Å²) >= 11 is 0. The Hall–Kier alpha value is -1.48. The number of benzene rings is 1. The average Bonchev–Trinajstić information content (AvgIpc) is 2.35. The van der Waals surface area contributed by atoms with E-state index in [2.05, 4.69) is 0 Å². The van der Waals surface area contributed by atoms with Gasteiger partial charge in [0.2, 0.25) is 0 Å². The molecule has 0 aromatic heterocycles. The normalized spacial score (nSPS) is 14.5. The quantitative estimate of drug-likeness (QED) is 0.587. The van der Waals surface area contributed by atoms with Gasteiger partial charge in [0.1, 0.15) is 0 Å². The smallest absolute Gasteiger partial charge is 0.191 e. The molecule has 0 saturated heterocycles. The molecular weight excluding hydrogens is 346 g/mol. The second-order valence-corrected chi connectivity index (χ2v) is 4.90. The number of alkyl halides is 10. The van der Waals surface area contributed by atoms with Crippen molar-refractivity contribution >= 4 is 0 Å². The molecule has 0 amide bonds. The molecule has 0 nitrogen and oxygen atoms in total. The van der Waals surface area contributed by atoms with Crippen LogP contribution in [-0.4, -0.2) is 12.4 Å². The molecule has 1 radical (unpaired) electrons. The fraction of sp³-hybridized carbons (Fsp3) is 0.462. The van der Waals surface area contributed by atoms with Crippen molar-refractivity contribution < 1.29 is 43.9 Å². The highest BCUT2D eigenvalue weighted by Crippen LogP contribution is 2.49. The first kappa shape index (κ1) is 19.6. The van der Waals surface area contributed by atoms with Crippen LogP contribution in [0.15, 0.2) is 18.2 Å². The van der Waals surface area contributed by atoms with E-state index in [1.165, 1.54) is 0 Å². The molecule has 0 aliphatic carbocycles. The fourth-order valence-electron chi connectivity index (χ4n) is 1.75. The number of halogens is 10. The molecule has 23 heavy (non-hydrogen) atoms. The molecule has 0 fully saturated rings. The molecule has 0 N–H and O–H groups in total. The summed E-state index contributed by atoms with van der Waals surface area (Å²) in [7, 11) is 0. The summed E-state index contributed by atoms with van der Waals surface area (Å²) in [6.45, 7) is 2.24. The molecule has 1 aromatic carbocycles. The van der Waals surface area contributed by atoms with Crippen LogP contribution in [0.25, 0.3) is 0 Å². The van der Waals surface area contributed by atoms with E-state index in [1.54, 1.807) is 0 Å². The van der Waals surface area contributed by atoms with Crippen molar-refractivity contribution in [2.75, 3.05) is 0 Å². The Bertz CT molecular complexity index is 565. The van der Waals surface area contributed by atoms with Crippen molar-refractivity contribution in [3.05, 3.63) is 40.8 Å². The lowest BCUT2D eigenvalue weighted by atomic mass is 9.90. The highest BCUT2D eigenvalue weighted by atomic mass is 19.4. The Morgan fingerprint density at radius 1 is 0.696 bits per heavy atom. The van der Waals surface area contributed by atoms with Crippen molar-refractivity contribution in [2.45, 2.75) is 38.0 Å². The van der Waals surface area contributed by atoms with Gasteiger partial charge in [-0.2, -0.15) is 43.9 Å². The molecule has 0 atom stereocenters. The first-order chi connectivity index (χ1) is 10.0. The molecule has 10 heteroatoms. The molecule has 0 aliphatic heterocycles. The van der Waals surface area contributed by atoms with Crippen LogP contribution in [-0.2, 0) is 11.8 Å². The van der Waals surface area contributed by atoms with Crippen molar-refractivity contribution in [1.82, 2.24) is 0 Å². The summed E-state index contributed by atoms with van der Waals surface area (Å²) in [6, 6.07) is 0.106. The van der Waals surface area contributed by atoms with Gasteiger partial charge in [-0.1, -0.05) is 26.0 Å². The molecule has 1 rings (SSSR count). The SMILES string of the molecule is C[C](C)c1ccc(C(F)(F)C(F)(F)F)cc1C(F)(F)C(F)(F)F. The van der Waals surface area contributed by atoms with Crippen LogP contribution < -0.4 is 0 Å². The fourth-order valence-corrected chi connectivity index (χ4v) is 1.75. The van der Waals surface area contributed by atoms with Gasteiger partial charge in [-0.25, -0.2) is 0 Å². The average molecular weight is 355 g/mol. The van der Waals surface area contributed by atoms with Crippen LogP contribution in [0.5, 0.6) is 0 Å². The first-order valence-corrected chi connectivity index (χ1v) is 5.88. The lowest BCUT2D eigenvalue weighted by molar-refractivity contribution is -0.292. The highest BCUT2D eigenvalue weighted by molar-refractivity contribution is 5.44. The summed E-state index contributed by atoms with van der Waals surface area (Å²) in [5.74, 6) is -11.3. The highest BCUT2D eigenvalue weighted by Gasteiger charge is 2.62. The Labute approximate surface area is 124 Å². The van der Waals surface area contributed by atoms with E-state index in [1.807, 2.05) is 0 Å². The van der Waals surface area contributed by atoms with E-state index in [0.717, 1.165) is 13.8 Å². The summed E-state index contributed by atoms with van der Waals surface area (Å²) < 4.78 is 128. The van der Waals surface area contributed by atoms with Gasteiger partial charge in [-0.15, -0.1) is 0 Å². The third kappa shape index (κ3) is 3.40. The summed E-state index contributed by atoms with van der Waals surface area (Å²) in [6.07, 6.45) is -12.3. The van der Waals surface area contributed by atoms with Crippen molar-refractivity contribution in [2.24, 2.45) is 0 Å². The zero-order chi connectivity index (χ0) is 18.4. The van der Waals surface area contributed by atoms with Gasteiger partial charge >= 0.3 is 24.2 Å². The van der Waals surface area contributed by atoms with Gasteiger partial charge in [0, 0.05) is 11.1 Å². The van der Waals surface area contributed by atoms with Crippen LogP contribution in [0.1, 0.15) is 30.5 Å². The second-order valence-electron chi connectivity index (χ2n) is 4.90. The second kappa shape index (κ2) is 5.55. The Morgan fingerprint density at radius 2 is 1.13 bits per heavy atom. The van der Waals surface area contributed by atoms with E-state index in [4.69, 9.17) is 0 Å². The van der Waals surface area contributed by atoms with Gasteiger partial charge in [-0.3, -0.25) is 0 Å². The molecular formula is C13H9F10.